The molecule has 2 rings (SSSR count). The van der Waals surface area contributed by atoms with Gasteiger partial charge in [-0.05, 0) is 24.3 Å². The van der Waals surface area contributed by atoms with Crippen molar-refractivity contribution < 1.29 is 9.66 Å². The molecule has 0 unspecified atom stereocenters. The van der Waals surface area contributed by atoms with Gasteiger partial charge in [0.05, 0.1) is 4.92 Å². The molecule has 7 nitrogen and oxygen atoms in total. The van der Waals surface area contributed by atoms with Crippen LogP contribution in [0, 0.1) is 10.1 Å². The van der Waals surface area contributed by atoms with Crippen LogP contribution in [-0.4, -0.2) is 19.0 Å². The van der Waals surface area contributed by atoms with Gasteiger partial charge in [-0.3, -0.25) is 16.0 Å². The van der Waals surface area contributed by atoms with E-state index < -0.39 is 4.92 Å². The van der Waals surface area contributed by atoms with Crippen molar-refractivity contribution in [2.24, 2.45) is 5.84 Å². The van der Waals surface area contributed by atoms with Crippen LogP contribution in [0.15, 0.2) is 42.5 Å². The monoisotopic (exact) mass is 288 g/mol. The molecule has 0 heterocycles. The van der Waals surface area contributed by atoms with Gasteiger partial charge in [0.2, 0.25) is 5.75 Å². The summed E-state index contributed by atoms with van der Waals surface area (Å²) in [6.07, 6.45) is 0. The molecule has 7 heteroatoms. The second-order valence-electron chi connectivity index (χ2n) is 4.55. The molecule has 0 saturated carbocycles. The van der Waals surface area contributed by atoms with Crippen molar-refractivity contribution in [3.8, 4) is 11.5 Å². The molecule has 110 valence electrons. The quantitative estimate of drug-likeness (QED) is 0.499. The number of anilines is 2. The molecule has 0 atom stereocenters. The number of nitrogens with one attached hydrogen (secondary N) is 1. The summed E-state index contributed by atoms with van der Waals surface area (Å²) < 4.78 is 5.64. The topological polar surface area (TPSA) is 93.7 Å². The molecule has 21 heavy (non-hydrogen) atoms. The first-order valence-electron chi connectivity index (χ1n) is 6.22. The molecule has 0 spiro atoms. The van der Waals surface area contributed by atoms with E-state index >= 15 is 0 Å². The van der Waals surface area contributed by atoms with Gasteiger partial charge in [0, 0.05) is 25.8 Å². The van der Waals surface area contributed by atoms with Crippen LogP contribution in [0.1, 0.15) is 0 Å². The highest BCUT2D eigenvalue weighted by Crippen LogP contribution is 2.37. The van der Waals surface area contributed by atoms with Crippen LogP contribution in [0.4, 0.5) is 17.1 Å². The van der Waals surface area contributed by atoms with Crippen molar-refractivity contribution in [3.05, 3.63) is 52.6 Å². The van der Waals surface area contributed by atoms with Crippen LogP contribution in [0.2, 0.25) is 0 Å². The Labute approximate surface area is 122 Å². The summed E-state index contributed by atoms with van der Waals surface area (Å²) in [4.78, 5) is 12.6. The largest absolute Gasteiger partial charge is 0.450 e. The number of rotatable bonds is 5. The second kappa shape index (κ2) is 6.10. The number of ether oxygens (including phenoxy) is 1. The van der Waals surface area contributed by atoms with E-state index in [9.17, 15) is 10.1 Å². The number of hydrogen-bond acceptors (Lipinski definition) is 6. The number of nitrogens with zero attached hydrogens (tertiary/aromatic N) is 2. The molecule has 2 aromatic rings. The summed E-state index contributed by atoms with van der Waals surface area (Å²) in [5.74, 6) is 5.94. The van der Waals surface area contributed by atoms with Gasteiger partial charge >= 0.3 is 5.69 Å². The average Bonchev–Trinajstić information content (AvgIpc) is 2.46. The van der Waals surface area contributed by atoms with E-state index in [-0.39, 0.29) is 17.1 Å². The van der Waals surface area contributed by atoms with E-state index in [1.54, 1.807) is 18.2 Å². The Hall–Kier alpha value is -2.80. The van der Waals surface area contributed by atoms with Gasteiger partial charge in [0.15, 0.2) is 0 Å². The average molecular weight is 288 g/mol. The lowest BCUT2D eigenvalue weighted by Crippen LogP contribution is -2.09. The lowest BCUT2D eigenvalue weighted by atomic mass is 10.2. The summed E-state index contributed by atoms with van der Waals surface area (Å²) in [5, 5.41) is 11.2. The van der Waals surface area contributed by atoms with Gasteiger partial charge in [0.1, 0.15) is 11.4 Å². The van der Waals surface area contributed by atoms with E-state index in [4.69, 9.17) is 10.6 Å². The molecular weight excluding hydrogens is 272 g/mol. The zero-order valence-corrected chi connectivity index (χ0v) is 11.7. The third-order valence-corrected chi connectivity index (χ3v) is 2.90. The highest BCUT2D eigenvalue weighted by molar-refractivity contribution is 5.68. The highest BCUT2D eigenvalue weighted by atomic mass is 16.6. The third kappa shape index (κ3) is 3.21. The van der Waals surface area contributed by atoms with Gasteiger partial charge in [-0.15, -0.1) is 0 Å². The van der Waals surface area contributed by atoms with Gasteiger partial charge < -0.3 is 15.1 Å². The predicted molar refractivity (Wildman–Crippen MR) is 81.7 cm³/mol. The summed E-state index contributed by atoms with van der Waals surface area (Å²) in [6.45, 7) is 0. The Balaban J connectivity index is 2.40. The molecular formula is C14H16N4O3. The van der Waals surface area contributed by atoms with Gasteiger partial charge in [-0.2, -0.15) is 0 Å². The number of hydrogen-bond donors (Lipinski definition) is 2. The molecule has 0 aromatic heterocycles. The van der Waals surface area contributed by atoms with Crippen LogP contribution in [-0.2, 0) is 0 Å². The maximum Gasteiger partial charge on any atom is 0.335 e. The molecule has 0 bridgehead atoms. The Kier molecular flexibility index (Phi) is 4.24. The third-order valence-electron chi connectivity index (χ3n) is 2.90. The molecule has 0 radical (unpaired) electrons. The van der Waals surface area contributed by atoms with Crippen molar-refractivity contribution in [1.82, 2.24) is 0 Å². The van der Waals surface area contributed by atoms with Crippen LogP contribution < -0.4 is 20.9 Å². The molecule has 0 fully saturated rings. The SMILES string of the molecule is CN(C)c1cccc(Oc2cccc(NN)c2[N+](=O)[O-])c1. The summed E-state index contributed by atoms with van der Waals surface area (Å²) >= 11 is 0. The van der Waals surface area contributed by atoms with Crippen LogP contribution in [0.3, 0.4) is 0 Å². The lowest BCUT2D eigenvalue weighted by molar-refractivity contribution is -0.384. The van der Waals surface area contributed by atoms with Crippen LogP contribution >= 0.6 is 0 Å². The molecule has 0 amide bonds. The van der Waals surface area contributed by atoms with Gasteiger partial charge in [-0.1, -0.05) is 12.1 Å². The molecule has 0 aliphatic heterocycles. The van der Waals surface area contributed by atoms with Gasteiger partial charge in [-0.25, -0.2) is 0 Å². The minimum Gasteiger partial charge on any atom is -0.450 e. The number of nitro groups is 1. The fourth-order valence-corrected chi connectivity index (χ4v) is 1.86. The first kappa shape index (κ1) is 14.6. The Morgan fingerprint density at radius 3 is 2.57 bits per heavy atom. The standard InChI is InChI=1S/C14H16N4O3/c1-17(2)10-5-3-6-11(9-10)21-13-8-4-7-12(16-15)14(13)18(19)20/h3-9,16H,15H2,1-2H3. The molecule has 0 aliphatic rings. The number of hydrazine groups is 1. The van der Waals surface area contributed by atoms with Crippen LogP contribution in [0.25, 0.3) is 0 Å². The summed E-state index contributed by atoms with van der Waals surface area (Å²) in [7, 11) is 3.81. The fraction of sp³-hybridized carbons (Fsp3) is 0.143. The fourth-order valence-electron chi connectivity index (χ4n) is 1.86. The van der Waals surface area contributed by atoms with Crippen molar-refractivity contribution in [2.45, 2.75) is 0 Å². The number of nitrogen functional groups attached to an aromatic ring is 1. The first-order valence-corrected chi connectivity index (χ1v) is 6.22. The van der Waals surface area contributed by atoms with E-state index in [2.05, 4.69) is 5.43 Å². The second-order valence-corrected chi connectivity index (χ2v) is 4.55. The minimum atomic E-state index is -0.527. The zero-order chi connectivity index (χ0) is 15.4. The maximum absolute atomic E-state index is 11.2. The Morgan fingerprint density at radius 2 is 1.95 bits per heavy atom. The van der Waals surface area contributed by atoms with E-state index in [1.165, 1.54) is 12.1 Å². The lowest BCUT2D eigenvalue weighted by Gasteiger charge is -2.14. The Bertz CT molecular complexity index is 658. The number of nitrogens with two attached hydrogens (primary N) is 1. The highest BCUT2D eigenvalue weighted by Gasteiger charge is 2.21. The summed E-state index contributed by atoms with van der Waals surface area (Å²) in [5.41, 5.74) is 3.23. The number of nitro benzene ring substituents is 1. The van der Waals surface area contributed by atoms with Crippen molar-refractivity contribution >= 4 is 17.1 Å². The molecule has 0 aliphatic carbocycles. The number of benzene rings is 2. The Morgan fingerprint density at radius 1 is 1.24 bits per heavy atom. The van der Waals surface area contributed by atoms with E-state index in [0.29, 0.717) is 5.75 Å². The van der Waals surface area contributed by atoms with Crippen LogP contribution in [0.5, 0.6) is 11.5 Å². The summed E-state index contributed by atoms with van der Waals surface area (Å²) in [6, 6.07) is 11.9. The van der Waals surface area contributed by atoms with Gasteiger partial charge in [0.25, 0.3) is 0 Å². The number of para-hydroxylation sites is 1. The van der Waals surface area contributed by atoms with Crippen molar-refractivity contribution in [1.29, 1.82) is 0 Å². The van der Waals surface area contributed by atoms with Crippen molar-refractivity contribution in [3.63, 3.8) is 0 Å². The van der Waals surface area contributed by atoms with Crippen molar-refractivity contribution in [2.75, 3.05) is 24.4 Å². The molecule has 3 N–H and O–H groups in total. The maximum atomic E-state index is 11.2. The molecule has 2 aromatic carbocycles. The first-order chi connectivity index (χ1) is 10.0. The predicted octanol–water partition coefficient (Wildman–Crippen LogP) is 2.74. The normalized spacial score (nSPS) is 10.0. The zero-order valence-electron chi connectivity index (χ0n) is 11.7. The van der Waals surface area contributed by atoms with E-state index in [0.717, 1.165) is 5.69 Å². The minimum absolute atomic E-state index is 0.131. The molecule has 0 saturated heterocycles. The van der Waals surface area contributed by atoms with E-state index in [1.807, 2.05) is 31.1 Å². The smallest absolute Gasteiger partial charge is 0.335 e.